The summed E-state index contributed by atoms with van der Waals surface area (Å²) in [5.41, 5.74) is 15.2. The van der Waals surface area contributed by atoms with Crippen LogP contribution in [0, 0.1) is 0 Å². The van der Waals surface area contributed by atoms with Crippen molar-refractivity contribution in [1.82, 2.24) is 4.98 Å². The number of rotatable bonds is 16. The molecule has 0 fully saturated rings. The molecule has 0 aliphatic rings. The summed E-state index contributed by atoms with van der Waals surface area (Å²) in [7, 11) is -1.59. The average molecular weight is 523 g/mol. The van der Waals surface area contributed by atoms with Gasteiger partial charge in [-0.15, -0.1) is 0 Å². The number of ether oxygens (including phenoxy) is 3. The van der Waals surface area contributed by atoms with Gasteiger partial charge in [0.1, 0.15) is 6.61 Å². The lowest BCUT2D eigenvalue weighted by atomic mass is 10.1. The first-order chi connectivity index (χ1) is 17.3. The van der Waals surface area contributed by atoms with Crippen molar-refractivity contribution in [1.29, 1.82) is 0 Å². The van der Waals surface area contributed by atoms with Crippen molar-refractivity contribution in [2.45, 2.75) is 40.4 Å². The first kappa shape index (κ1) is 29.5. The number of nitrogen functional groups attached to an aromatic ring is 2. The lowest BCUT2D eigenvalue weighted by Crippen LogP contribution is -2.25. The molecule has 4 N–H and O–H groups in total. The van der Waals surface area contributed by atoms with E-state index in [1.54, 1.807) is 27.0 Å². The molecule has 0 aliphatic carbocycles. The molecule has 0 spiro atoms. The lowest BCUT2D eigenvalue weighted by Gasteiger charge is -2.29. The Hall–Kier alpha value is -2.78. The lowest BCUT2D eigenvalue weighted by molar-refractivity contribution is 0.144. The van der Waals surface area contributed by atoms with E-state index in [4.69, 9.17) is 34.7 Å². The van der Waals surface area contributed by atoms with Crippen LogP contribution >= 0.6 is 7.60 Å². The number of anilines is 3. The fourth-order valence-electron chi connectivity index (χ4n) is 3.49. The van der Waals surface area contributed by atoms with Crippen LogP contribution in [-0.2, 0) is 35.8 Å². The zero-order valence-electron chi connectivity index (χ0n) is 21.9. The Kier molecular flexibility index (Phi) is 12.0. The number of aromatic nitrogens is 1. The molecule has 11 heteroatoms. The van der Waals surface area contributed by atoms with Gasteiger partial charge in [-0.3, -0.25) is 4.57 Å². The van der Waals surface area contributed by atoms with Crippen molar-refractivity contribution in [2.75, 3.05) is 56.5 Å². The molecule has 0 saturated heterocycles. The van der Waals surface area contributed by atoms with Crippen LogP contribution in [0.5, 0.6) is 5.88 Å². The second kappa shape index (κ2) is 14.7. The molecule has 0 radical (unpaired) electrons. The van der Waals surface area contributed by atoms with Crippen LogP contribution < -0.4 is 21.1 Å². The molecule has 0 aliphatic heterocycles. The van der Waals surface area contributed by atoms with Gasteiger partial charge in [0.2, 0.25) is 5.88 Å². The number of nitrogens with zero attached hydrogens (tertiary/aromatic N) is 2. The maximum absolute atomic E-state index is 12.9. The van der Waals surface area contributed by atoms with Crippen molar-refractivity contribution >= 4 is 24.8 Å². The maximum Gasteiger partial charge on any atom is 0.335 e. The van der Waals surface area contributed by atoms with Crippen LogP contribution in [0.25, 0.3) is 0 Å². The second-order valence-electron chi connectivity index (χ2n) is 7.69. The fourth-order valence-corrected chi connectivity index (χ4v) is 5.19. The number of hydrogen-bond donors (Lipinski definition) is 2. The number of benzene rings is 1. The highest BCUT2D eigenvalue weighted by Gasteiger charge is 2.24. The fraction of sp³-hybridized carbons (Fsp3) is 0.480. The zero-order chi connectivity index (χ0) is 26.6. The van der Waals surface area contributed by atoms with Crippen LogP contribution in [0.15, 0.2) is 42.3 Å². The smallest absolute Gasteiger partial charge is 0.335 e. The predicted octanol–water partition coefficient (Wildman–Crippen LogP) is 4.94. The molecule has 2 rings (SSSR count). The average Bonchev–Trinajstić information content (AvgIpc) is 2.85. The summed E-state index contributed by atoms with van der Waals surface area (Å²) in [5.74, 6) is 1.11. The van der Waals surface area contributed by atoms with Crippen LogP contribution in [0.2, 0.25) is 0 Å². The summed E-state index contributed by atoms with van der Waals surface area (Å²) in [6, 6.07) is 9.48. The molecule has 0 atom stereocenters. The van der Waals surface area contributed by atoms with Crippen molar-refractivity contribution in [3.8, 4) is 5.88 Å². The standard InChI is InChI=1S/C25H39N4O6P/c1-6-23(32-7-2)29(21-16-22(33-15-14-31-5)28-25(27)24(21)26)17-19-10-12-20(13-11-19)18-36(30,34-8-3)35-9-4/h6,10-13,16H,7-9,14-15,17-18,26H2,1-5H3,(H2,27,28). The highest BCUT2D eigenvalue weighted by Crippen LogP contribution is 2.51. The van der Waals surface area contributed by atoms with E-state index in [-0.39, 0.29) is 12.0 Å². The van der Waals surface area contributed by atoms with Gasteiger partial charge in [-0.2, -0.15) is 4.98 Å². The van der Waals surface area contributed by atoms with Crippen molar-refractivity contribution in [2.24, 2.45) is 0 Å². The van der Waals surface area contributed by atoms with Gasteiger partial charge in [-0.25, -0.2) is 0 Å². The van der Waals surface area contributed by atoms with E-state index in [1.807, 2.05) is 49.1 Å². The Morgan fingerprint density at radius 1 is 1.03 bits per heavy atom. The van der Waals surface area contributed by atoms with Crippen LogP contribution in [0.4, 0.5) is 17.2 Å². The molecular formula is C25H39N4O6P. The Morgan fingerprint density at radius 2 is 1.67 bits per heavy atom. The number of pyridine rings is 1. The zero-order valence-corrected chi connectivity index (χ0v) is 22.8. The molecule has 36 heavy (non-hydrogen) atoms. The largest absolute Gasteiger partial charge is 0.479 e. The Morgan fingerprint density at radius 3 is 2.22 bits per heavy atom. The summed E-state index contributed by atoms with van der Waals surface area (Å²) < 4.78 is 40.4. The van der Waals surface area contributed by atoms with Crippen LogP contribution in [-0.4, -0.2) is 45.1 Å². The Bertz CT molecular complexity index is 1020. The first-order valence-electron chi connectivity index (χ1n) is 12.0. The van der Waals surface area contributed by atoms with Gasteiger partial charge < -0.3 is 39.6 Å². The quantitative estimate of drug-likeness (QED) is 0.177. The summed E-state index contributed by atoms with van der Waals surface area (Å²) in [4.78, 5) is 6.16. The minimum atomic E-state index is -3.19. The maximum atomic E-state index is 12.9. The van der Waals surface area contributed by atoms with Gasteiger partial charge in [0, 0.05) is 13.2 Å². The molecule has 1 aromatic carbocycles. The summed E-state index contributed by atoms with van der Waals surface area (Å²) in [6.45, 7) is 9.67. The molecule has 0 unspecified atom stereocenters. The van der Waals surface area contributed by atoms with Crippen molar-refractivity contribution in [3.05, 3.63) is 53.4 Å². The van der Waals surface area contributed by atoms with Gasteiger partial charge in [-0.05, 0) is 44.9 Å². The molecule has 200 valence electrons. The highest BCUT2D eigenvalue weighted by atomic mass is 31.2. The van der Waals surface area contributed by atoms with E-state index in [0.29, 0.717) is 62.7 Å². The van der Waals surface area contributed by atoms with Crippen LogP contribution in [0.3, 0.4) is 0 Å². The third kappa shape index (κ3) is 8.41. The van der Waals surface area contributed by atoms with Gasteiger partial charge in [0.25, 0.3) is 0 Å². The number of allylic oxidation sites excluding steroid dienone is 1. The molecule has 0 amide bonds. The van der Waals surface area contributed by atoms with Gasteiger partial charge in [0.15, 0.2) is 11.7 Å². The van der Waals surface area contributed by atoms with Gasteiger partial charge in [-0.1, -0.05) is 24.3 Å². The summed E-state index contributed by atoms with van der Waals surface area (Å²) >= 11 is 0. The monoisotopic (exact) mass is 522 g/mol. The Labute approximate surface area is 214 Å². The molecule has 1 aromatic heterocycles. The molecule has 0 saturated carbocycles. The second-order valence-corrected chi connectivity index (χ2v) is 9.74. The van der Waals surface area contributed by atoms with Crippen LogP contribution in [0.1, 0.15) is 38.8 Å². The van der Waals surface area contributed by atoms with E-state index >= 15 is 0 Å². The minimum Gasteiger partial charge on any atom is -0.479 e. The minimum absolute atomic E-state index is 0.162. The highest BCUT2D eigenvalue weighted by molar-refractivity contribution is 7.53. The van der Waals surface area contributed by atoms with E-state index < -0.39 is 7.60 Å². The molecule has 0 bridgehead atoms. The third-order valence-electron chi connectivity index (χ3n) is 5.07. The number of hydrogen-bond acceptors (Lipinski definition) is 10. The van der Waals surface area contributed by atoms with E-state index in [2.05, 4.69) is 4.98 Å². The van der Waals surface area contributed by atoms with Gasteiger partial charge >= 0.3 is 7.60 Å². The topological polar surface area (TPSA) is 131 Å². The van der Waals surface area contributed by atoms with E-state index in [0.717, 1.165) is 11.1 Å². The summed E-state index contributed by atoms with van der Waals surface area (Å²) in [5, 5.41) is 0. The van der Waals surface area contributed by atoms with Gasteiger partial charge in [0.05, 0.1) is 50.5 Å². The molecule has 10 nitrogen and oxygen atoms in total. The molecule has 2 aromatic rings. The number of nitrogens with two attached hydrogens (primary N) is 2. The third-order valence-corrected chi connectivity index (χ3v) is 7.12. The summed E-state index contributed by atoms with van der Waals surface area (Å²) in [6.07, 6.45) is 2.06. The first-order valence-corrected chi connectivity index (χ1v) is 13.7. The molecular weight excluding hydrogens is 483 g/mol. The predicted molar refractivity (Wildman–Crippen MR) is 143 cm³/mol. The normalized spacial score (nSPS) is 12.0. The van der Waals surface area contributed by atoms with E-state index in [9.17, 15) is 4.57 Å². The van der Waals surface area contributed by atoms with Crippen molar-refractivity contribution < 1.29 is 27.8 Å². The van der Waals surface area contributed by atoms with E-state index in [1.165, 1.54) is 0 Å². The Balaban J connectivity index is 2.36. The molecule has 1 heterocycles. The number of methoxy groups -OCH3 is 1. The van der Waals surface area contributed by atoms with Crippen molar-refractivity contribution in [3.63, 3.8) is 0 Å². The SMILES string of the molecule is CC=C(OCC)N(Cc1ccc(CP(=O)(OCC)OCC)cc1)c1cc(OCCOC)nc(N)c1N.